The fourth-order valence-electron chi connectivity index (χ4n) is 1.77. The van der Waals surface area contributed by atoms with Crippen LogP contribution in [0.15, 0.2) is 0 Å². The van der Waals surface area contributed by atoms with E-state index in [1.807, 2.05) is 0 Å². The van der Waals surface area contributed by atoms with Gasteiger partial charge in [0.05, 0.1) is 0 Å². The van der Waals surface area contributed by atoms with Gasteiger partial charge < -0.3 is 20.9 Å². The summed E-state index contributed by atoms with van der Waals surface area (Å²) in [5.74, 6) is -1.10. The van der Waals surface area contributed by atoms with Gasteiger partial charge in [0.2, 0.25) is 0 Å². The third kappa shape index (κ3) is 1.55. The van der Waals surface area contributed by atoms with Crippen LogP contribution in [0.25, 0.3) is 0 Å². The molecule has 7 heteroatoms. The number of carboxylic acid groups (broad SMARTS) is 1. The summed E-state index contributed by atoms with van der Waals surface area (Å²) in [6.45, 7) is 0.237. The van der Waals surface area contributed by atoms with Crippen molar-refractivity contribution in [1.29, 1.82) is 0 Å². The number of nitrogens with two attached hydrogens (primary N) is 1. The summed E-state index contributed by atoms with van der Waals surface area (Å²) in [4.78, 5) is 12.0. The molecule has 0 unspecified atom stereocenters. The molecule has 74 valence electrons. The van der Waals surface area contributed by atoms with Crippen molar-refractivity contribution in [2.45, 2.75) is 18.4 Å². The molecule has 0 aliphatic carbocycles. The van der Waals surface area contributed by atoms with Crippen molar-refractivity contribution in [2.75, 3.05) is 13.1 Å². The Hall–Kier alpha value is -0.625. The van der Waals surface area contributed by atoms with Gasteiger partial charge in [-0.05, 0) is 19.4 Å². The lowest BCUT2D eigenvalue weighted by Gasteiger charge is -2.32. The zero-order valence-corrected chi connectivity index (χ0v) is 7.18. The summed E-state index contributed by atoms with van der Waals surface area (Å²) in [6, 6.07) is 0. The van der Waals surface area contributed by atoms with Crippen molar-refractivity contribution >= 4 is 13.2 Å². The van der Waals surface area contributed by atoms with E-state index in [0.717, 1.165) is 4.81 Å². The summed E-state index contributed by atoms with van der Waals surface area (Å²) in [6.07, 6.45) is 0.970. The molecule has 0 spiro atoms. The van der Waals surface area contributed by atoms with Crippen LogP contribution < -0.4 is 5.73 Å². The standard InChI is InChI=1S/C6H13BN2O4/c8-4-6(5(10)11)2-1-3-9(6)7(12)13/h12-13H,1-4,8H2,(H,10,11)/t6-/m1/s1. The number of hydrogen-bond acceptors (Lipinski definition) is 5. The first-order valence-electron chi connectivity index (χ1n) is 4.11. The van der Waals surface area contributed by atoms with Gasteiger partial charge in [-0.15, -0.1) is 0 Å². The van der Waals surface area contributed by atoms with Crippen LogP contribution >= 0.6 is 0 Å². The molecule has 1 aliphatic heterocycles. The highest BCUT2D eigenvalue weighted by molar-refractivity contribution is 6.38. The van der Waals surface area contributed by atoms with E-state index in [4.69, 9.17) is 20.9 Å². The van der Waals surface area contributed by atoms with E-state index in [9.17, 15) is 4.79 Å². The molecule has 1 heterocycles. The van der Waals surface area contributed by atoms with Crippen molar-refractivity contribution in [3.8, 4) is 0 Å². The minimum absolute atomic E-state index is 0.111. The largest absolute Gasteiger partial charge is 0.553 e. The number of rotatable bonds is 3. The second kappa shape index (κ2) is 3.63. The van der Waals surface area contributed by atoms with Crippen molar-refractivity contribution < 1.29 is 19.9 Å². The molecular weight excluding hydrogens is 175 g/mol. The highest BCUT2D eigenvalue weighted by atomic mass is 16.4. The van der Waals surface area contributed by atoms with Gasteiger partial charge >= 0.3 is 13.2 Å². The molecule has 13 heavy (non-hydrogen) atoms. The fraction of sp³-hybridized carbons (Fsp3) is 0.833. The third-order valence-electron chi connectivity index (χ3n) is 2.55. The van der Waals surface area contributed by atoms with Gasteiger partial charge in [-0.2, -0.15) is 0 Å². The van der Waals surface area contributed by atoms with Crippen molar-refractivity contribution in [3.05, 3.63) is 0 Å². The first kappa shape index (κ1) is 10.5. The summed E-state index contributed by atoms with van der Waals surface area (Å²) in [5, 5.41) is 26.8. The van der Waals surface area contributed by atoms with Crippen molar-refractivity contribution in [3.63, 3.8) is 0 Å². The summed E-state index contributed by atoms with van der Waals surface area (Å²) in [5.41, 5.74) is 4.06. The molecule has 1 aliphatic rings. The number of aliphatic carboxylic acids is 1. The van der Waals surface area contributed by atoms with Gasteiger partial charge in [0.15, 0.2) is 0 Å². The lowest BCUT2D eigenvalue weighted by atomic mass is 9.90. The average Bonchev–Trinajstić information content (AvgIpc) is 2.48. The quantitative estimate of drug-likeness (QED) is 0.375. The molecule has 0 aromatic rings. The van der Waals surface area contributed by atoms with E-state index in [0.29, 0.717) is 19.4 Å². The molecule has 1 rings (SSSR count). The average molecular weight is 188 g/mol. The third-order valence-corrected chi connectivity index (χ3v) is 2.55. The fourth-order valence-corrected chi connectivity index (χ4v) is 1.77. The maximum Gasteiger partial charge on any atom is 0.553 e. The molecule has 0 saturated carbocycles. The first-order chi connectivity index (χ1) is 6.04. The van der Waals surface area contributed by atoms with Gasteiger partial charge in [-0.3, -0.25) is 9.61 Å². The normalized spacial score (nSPS) is 29.2. The number of hydrogen-bond donors (Lipinski definition) is 4. The van der Waals surface area contributed by atoms with Gasteiger partial charge in [0, 0.05) is 6.54 Å². The van der Waals surface area contributed by atoms with E-state index < -0.39 is 18.8 Å². The van der Waals surface area contributed by atoms with E-state index in [1.165, 1.54) is 0 Å². The predicted octanol–water partition coefficient (Wildman–Crippen LogP) is -2.17. The van der Waals surface area contributed by atoms with E-state index in [-0.39, 0.29) is 6.54 Å². The number of nitrogens with zero attached hydrogens (tertiary/aromatic N) is 1. The Morgan fingerprint density at radius 2 is 2.23 bits per heavy atom. The molecule has 6 nitrogen and oxygen atoms in total. The Morgan fingerprint density at radius 3 is 2.54 bits per heavy atom. The van der Waals surface area contributed by atoms with Gasteiger partial charge in [-0.1, -0.05) is 0 Å². The molecule has 1 atom stereocenters. The number of carboxylic acids is 1. The van der Waals surface area contributed by atoms with E-state index in [1.54, 1.807) is 0 Å². The van der Waals surface area contributed by atoms with Crippen LogP contribution in [0.5, 0.6) is 0 Å². The lowest BCUT2D eigenvalue weighted by Crippen LogP contribution is -2.60. The molecule has 5 N–H and O–H groups in total. The van der Waals surface area contributed by atoms with Crippen LogP contribution in [0.3, 0.4) is 0 Å². The lowest BCUT2D eigenvalue weighted by molar-refractivity contribution is -0.147. The van der Waals surface area contributed by atoms with Crippen LogP contribution in [0.2, 0.25) is 0 Å². The maximum atomic E-state index is 10.9. The van der Waals surface area contributed by atoms with Gasteiger partial charge in [0.25, 0.3) is 0 Å². The Kier molecular flexibility index (Phi) is 2.92. The van der Waals surface area contributed by atoms with Crippen molar-refractivity contribution in [1.82, 2.24) is 4.81 Å². The topological polar surface area (TPSA) is 107 Å². The zero-order valence-electron chi connectivity index (χ0n) is 7.18. The Labute approximate surface area is 76.1 Å². The molecule has 1 saturated heterocycles. The van der Waals surface area contributed by atoms with E-state index >= 15 is 0 Å². The molecule has 1 fully saturated rings. The maximum absolute atomic E-state index is 10.9. The van der Waals surface area contributed by atoms with Crippen LogP contribution in [-0.2, 0) is 4.79 Å². The van der Waals surface area contributed by atoms with Crippen LogP contribution in [0, 0.1) is 0 Å². The predicted molar refractivity (Wildman–Crippen MR) is 45.6 cm³/mol. The monoisotopic (exact) mass is 188 g/mol. The molecular formula is C6H13BN2O4. The van der Waals surface area contributed by atoms with Crippen molar-refractivity contribution in [2.24, 2.45) is 5.73 Å². The van der Waals surface area contributed by atoms with Crippen LogP contribution in [0.1, 0.15) is 12.8 Å². The Bertz CT molecular complexity index is 213. The van der Waals surface area contributed by atoms with Crippen LogP contribution in [0.4, 0.5) is 0 Å². The molecule has 0 aromatic heterocycles. The second-order valence-electron chi connectivity index (χ2n) is 3.18. The molecule has 0 radical (unpaired) electrons. The van der Waals surface area contributed by atoms with Gasteiger partial charge in [-0.25, -0.2) is 0 Å². The highest BCUT2D eigenvalue weighted by Gasteiger charge is 2.50. The molecule has 0 aromatic carbocycles. The summed E-state index contributed by atoms with van der Waals surface area (Å²) >= 11 is 0. The Morgan fingerprint density at radius 1 is 1.62 bits per heavy atom. The summed E-state index contributed by atoms with van der Waals surface area (Å²) in [7, 11) is -1.75. The zero-order chi connectivity index (χ0) is 10.1. The number of carbonyl (C=O) groups is 1. The van der Waals surface area contributed by atoms with E-state index in [2.05, 4.69) is 0 Å². The van der Waals surface area contributed by atoms with Crippen LogP contribution in [-0.4, -0.2) is 51.8 Å². The molecule has 0 bridgehead atoms. The molecule has 0 amide bonds. The minimum Gasteiger partial charge on any atom is -0.480 e. The Balaban J connectivity index is 2.90. The summed E-state index contributed by atoms with van der Waals surface area (Å²) < 4.78 is 0. The smallest absolute Gasteiger partial charge is 0.480 e. The van der Waals surface area contributed by atoms with Gasteiger partial charge in [0.1, 0.15) is 5.54 Å². The second-order valence-corrected chi connectivity index (χ2v) is 3.18. The SMILES string of the molecule is NC[C@@]1(C(=O)O)CCCN1B(O)O. The first-order valence-corrected chi connectivity index (χ1v) is 4.11. The highest BCUT2D eigenvalue weighted by Crippen LogP contribution is 2.28. The minimum atomic E-state index is -1.75.